The summed E-state index contributed by atoms with van der Waals surface area (Å²) in [5.74, 6) is 0.528. The molecule has 2 aromatic rings. The fourth-order valence-corrected chi connectivity index (χ4v) is 1.77. The Hall–Kier alpha value is -1.69. The summed E-state index contributed by atoms with van der Waals surface area (Å²) in [7, 11) is 3.01. The third kappa shape index (κ3) is 2.76. The minimum atomic E-state index is 0.237. The fraction of sp³-hybridized carbons (Fsp3) is 0.250. The molecule has 0 unspecified atom stereocenters. The van der Waals surface area contributed by atoms with E-state index in [0.29, 0.717) is 5.82 Å². The van der Waals surface area contributed by atoms with E-state index >= 15 is 0 Å². The van der Waals surface area contributed by atoms with Crippen molar-refractivity contribution in [1.29, 1.82) is 0 Å². The Morgan fingerprint density at radius 2 is 1.50 bits per heavy atom. The molecule has 0 saturated carbocycles. The minimum Gasteiger partial charge on any atom is -0.467 e. The SMILES string of the molecule is COc1nc(OC)nc(-c2ccc(CBr)cc2)n1. The highest BCUT2D eigenvalue weighted by atomic mass is 79.9. The molecule has 0 N–H and O–H groups in total. The number of benzene rings is 1. The van der Waals surface area contributed by atoms with E-state index in [-0.39, 0.29) is 12.0 Å². The summed E-state index contributed by atoms with van der Waals surface area (Å²) in [4.78, 5) is 12.3. The highest BCUT2D eigenvalue weighted by molar-refractivity contribution is 9.08. The lowest BCUT2D eigenvalue weighted by Gasteiger charge is -2.05. The molecule has 5 nitrogen and oxygen atoms in total. The first kappa shape index (κ1) is 12.8. The van der Waals surface area contributed by atoms with Crippen molar-refractivity contribution in [1.82, 2.24) is 15.0 Å². The van der Waals surface area contributed by atoms with E-state index in [4.69, 9.17) is 9.47 Å². The molecule has 18 heavy (non-hydrogen) atoms. The minimum absolute atomic E-state index is 0.237. The van der Waals surface area contributed by atoms with E-state index in [2.05, 4.69) is 30.9 Å². The number of rotatable bonds is 4. The second-order valence-electron chi connectivity index (χ2n) is 3.46. The summed E-state index contributed by atoms with van der Waals surface area (Å²) in [5, 5.41) is 0.817. The Kier molecular flexibility index (Phi) is 4.09. The number of methoxy groups -OCH3 is 2. The monoisotopic (exact) mass is 309 g/mol. The molecule has 0 fully saturated rings. The van der Waals surface area contributed by atoms with Gasteiger partial charge in [-0.2, -0.15) is 9.97 Å². The van der Waals surface area contributed by atoms with Crippen molar-refractivity contribution >= 4 is 15.9 Å². The maximum Gasteiger partial charge on any atom is 0.322 e. The van der Waals surface area contributed by atoms with Gasteiger partial charge in [-0.15, -0.1) is 4.98 Å². The maximum absolute atomic E-state index is 5.01. The predicted octanol–water partition coefficient (Wildman–Crippen LogP) is 2.45. The molecule has 2 rings (SSSR count). The molecule has 0 amide bonds. The Morgan fingerprint density at radius 3 is 1.94 bits per heavy atom. The van der Waals surface area contributed by atoms with Crippen LogP contribution in [-0.2, 0) is 5.33 Å². The van der Waals surface area contributed by atoms with E-state index in [1.165, 1.54) is 19.8 Å². The van der Waals surface area contributed by atoms with Gasteiger partial charge >= 0.3 is 12.0 Å². The first-order valence-corrected chi connectivity index (χ1v) is 6.38. The van der Waals surface area contributed by atoms with E-state index in [1.807, 2.05) is 24.3 Å². The van der Waals surface area contributed by atoms with Gasteiger partial charge in [-0.1, -0.05) is 40.2 Å². The van der Waals surface area contributed by atoms with Gasteiger partial charge in [0.2, 0.25) is 0 Å². The van der Waals surface area contributed by atoms with Crippen LogP contribution >= 0.6 is 15.9 Å². The summed E-state index contributed by atoms with van der Waals surface area (Å²) in [6.45, 7) is 0. The third-order valence-electron chi connectivity index (χ3n) is 2.33. The van der Waals surface area contributed by atoms with Crippen LogP contribution in [0.2, 0.25) is 0 Å². The number of aromatic nitrogens is 3. The van der Waals surface area contributed by atoms with Gasteiger partial charge in [-0.25, -0.2) is 0 Å². The molecule has 0 bridgehead atoms. The van der Waals surface area contributed by atoms with Crippen molar-refractivity contribution in [2.75, 3.05) is 14.2 Å². The Bertz CT molecular complexity index is 509. The van der Waals surface area contributed by atoms with E-state index in [0.717, 1.165) is 10.9 Å². The Labute approximate surface area is 113 Å². The van der Waals surface area contributed by atoms with Crippen molar-refractivity contribution < 1.29 is 9.47 Å². The number of halogens is 1. The van der Waals surface area contributed by atoms with Gasteiger partial charge in [0.1, 0.15) is 0 Å². The predicted molar refractivity (Wildman–Crippen MR) is 71.0 cm³/mol. The van der Waals surface area contributed by atoms with Crippen LogP contribution in [0.1, 0.15) is 5.56 Å². The second kappa shape index (κ2) is 5.77. The van der Waals surface area contributed by atoms with Crippen molar-refractivity contribution in [3.8, 4) is 23.4 Å². The molecule has 6 heteroatoms. The van der Waals surface area contributed by atoms with Crippen molar-refractivity contribution in [2.45, 2.75) is 5.33 Å². The largest absolute Gasteiger partial charge is 0.467 e. The summed E-state index contributed by atoms with van der Waals surface area (Å²) >= 11 is 3.40. The average molecular weight is 310 g/mol. The lowest BCUT2D eigenvalue weighted by Crippen LogP contribution is -2.00. The molecular weight excluding hydrogens is 298 g/mol. The molecule has 0 radical (unpaired) electrons. The normalized spacial score (nSPS) is 10.2. The molecule has 0 aliphatic heterocycles. The Balaban J connectivity index is 2.41. The van der Waals surface area contributed by atoms with Crippen LogP contribution < -0.4 is 9.47 Å². The molecule has 0 spiro atoms. The van der Waals surface area contributed by atoms with Gasteiger partial charge in [-0.3, -0.25) is 0 Å². The molecule has 0 saturated heterocycles. The lowest BCUT2D eigenvalue weighted by atomic mass is 10.1. The van der Waals surface area contributed by atoms with Crippen LogP contribution in [0.15, 0.2) is 24.3 Å². The van der Waals surface area contributed by atoms with Gasteiger partial charge in [0.25, 0.3) is 0 Å². The zero-order chi connectivity index (χ0) is 13.0. The molecule has 0 aliphatic rings. The summed E-state index contributed by atoms with van der Waals surface area (Å²) < 4.78 is 10.0. The maximum atomic E-state index is 5.01. The number of nitrogens with zero attached hydrogens (tertiary/aromatic N) is 3. The van der Waals surface area contributed by atoms with Gasteiger partial charge < -0.3 is 9.47 Å². The first-order chi connectivity index (χ1) is 8.76. The molecule has 1 heterocycles. The van der Waals surface area contributed by atoms with Gasteiger partial charge in [0.05, 0.1) is 14.2 Å². The average Bonchev–Trinajstić information content (AvgIpc) is 2.46. The summed E-state index contributed by atoms with van der Waals surface area (Å²) in [6.07, 6.45) is 0. The van der Waals surface area contributed by atoms with Gasteiger partial charge in [-0.05, 0) is 5.56 Å². The summed E-state index contributed by atoms with van der Waals surface area (Å²) in [6, 6.07) is 8.39. The third-order valence-corrected chi connectivity index (χ3v) is 2.97. The summed E-state index contributed by atoms with van der Waals surface area (Å²) in [5.41, 5.74) is 2.07. The number of hydrogen-bond acceptors (Lipinski definition) is 5. The van der Waals surface area contributed by atoms with E-state index in [1.54, 1.807) is 0 Å². The fourth-order valence-electron chi connectivity index (χ4n) is 1.39. The second-order valence-corrected chi connectivity index (χ2v) is 4.02. The topological polar surface area (TPSA) is 57.1 Å². The van der Waals surface area contributed by atoms with Crippen LogP contribution in [0.25, 0.3) is 11.4 Å². The molecule has 1 aromatic carbocycles. The van der Waals surface area contributed by atoms with Crippen LogP contribution in [0.5, 0.6) is 12.0 Å². The molecule has 0 atom stereocenters. The van der Waals surface area contributed by atoms with Crippen molar-refractivity contribution in [3.63, 3.8) is 0 Å². The van der Waals surface area contributed by atoms with Crippen LogP contribution in [0.3, 0.4) is 0 Å². The molecular formula is C12H12BrN3O2. The smallest absolute Gasteiger partial charge is 0.322 e. The zero-order valence-electron chi connectivity index (χ0n) is 10.1. The van der Waals surface area contributed by atoms with Crippen LogP contribution in [0, 0.1) is 0 Å². The number of hydrogen-bond donors (Lipinski definition) is 0. The quantitative estimate of drug-likeness (QED) is 0.812. The number of alkyl halides is 1. The highest BCUT2D eigenvalue weighted by Gasteiger charge is 2.08. The molecule has 94 valence electrons. The lowest BCUT2D eigenvalue weighted by molar-refractivity contribution is 0.341. The Morgan fingerprint density at radius 1 is 0.944 bits per heavy atom. The van der Waals surface area contributed by atoms with Crippen LogP contribution in [0.4, 0.5) is 0 Å². The van der Waals surface area contributed by atoms with Crippen molar-refractivity contribution in [2.24, 2.45) is 0 Å². The highest BCUT2D eigenvalue weighted by Crippen LogP contribution is 2.20. The zero-order valence-corrected chi connectivity index (χ0v) is 11.6. The van der Waals surface area contributed by atoms with E-state index < -0.39 is 0 Å². The van der Waals surface area contributed by atoms with Crippen LogP contribution in [-0.4, -0.2) is 29.2 Å². The number of ether oxygens (including phenoxy) is 2. The van der Waals surface area contributed by atoms with Gasteiger partial charge in [0.15, 0.2) is 5.82 Å². The van der Waals surface area contributed by atoms with E-state index in [9.17, 15) is 0 Å². The first-order valence-electron chi connectivity index (χ1n) is 5.26. The van der Waals surface area contributed by atoms with Gasteiger partial charge in [0, 0.05) is 10.9 Å². The standard InChI is InChI=1S/C12H12BrN3O2/c1-17-11-14-10(15-12(16-11)18-2)9-5-3-8(7-13)4-6-9/h3-6H,7H2,1-2H3. The molecule has 1 aromatic heterocycles. The molecule has 0 aliphatic carbocycles. The van der Waals surface area contributed by atoms with Crippen molar-refractivity contribution in [3.05, 3.63) is 29.8 Å².